The van der Waals surface area contributed by atoms with Gasteiger partial charge in [-0.2, -0.15) is 0 Å². The molecule has 112 valence electrons. The molecule has 0 radical (unpaired) electrons. The van der Waals surface area contributed by atoms with Crippen LogP contribution in [0.25, 0.3) is 11.2 Å². The summed E-state index contributed by atoms with van der Waals surface area (Å²) < 4.78 is 0. The fraction of sp³-hybridized carbons (Fsp3) is 0.364. The molecule has 0 fully saturated rings. The summed E-state index contributed by atoms with van der Waals surface area (Å²) in [5, 5.41) is 13.9. The van der Waals surface area contributed by atoms with Crippen molar-refractivity contribution in [1.82, 2.24) is 25.3 Å². The molecule has 6 N–H and O–H groups in total. The number of nitrogens with two attached hydrogens (primary N) is 1. The minimum Gasteiger partial charge on any atom is -0.391 e. The molecule has 0 saturated carbocycles. The number of amides is 3. The third-order valence-corrected chi connectivity index (χ3v) is 2.83. The molecule has 0 bridgehead atoms. The van der Waals surface area contributed by atoms with Crippen LogP contribution in [0, 0.1) is 0 Å². The quantitative estimate of drug-likeness (QED) is 0.488. The molecular formula is C11H15N7O3. The highest BCUT2D eigenvalue weighted by Gasteiger charge is 2.23. The van der Waals surface area contributed by atoms with E-state index in [2.05, 4.69) is 25.3 Å². The average Bonchev–Trinajstić information content (AvgIpc) is 2.95. The molecule has 2 aromatic rings. The highest BCUT2D eigenvalue weighted by Crippen LogP contribution is 2.13. The van der Waals surface area contributed by atoms with Crippen LogP contribution in [0.2, 0.25) is 0 Å². The van der Waals surface area contributed by atoms with Gasteiger partial charge in [0, 0.05) is 0 Å². The first-order valence-electron chi connectivity index (χ1n) is 6.22. The number of urea groups is 1. The second-order valence-electron chi connectivity index (χ2n) is 4.27. The molecule has 2 heterocycles. The normalized spacial score (nSPS) is 13.7. The molecule has 10 nitrogen and oxygen atoms in total. The molecular weight excluding hydrogens is 278 g/mol. The van der Waals surface area contributed by atoms with Crippen molar-refractivity contribution in [3.05, 3.63) is 12.7 Å². The van der Waals surface area contributed by atoms with Crippen LogP contribution in [0.1, 0.15) is 13.3 Å². The maximum atomic E-state index is 11.7. The van der Waals surface area contributed by atoms with Crippen molar-refractivity contribution in [2.24, 2.45) is 5.73 Å². The Balaban J connectivity index is 2.02. The number of carbonyl (C=O) groups excluding carboxylic acids is 2. The number of nitrogens with zero attached hydrogens (tertiary/aromatic N) is 3. The number of aliphatic hydroxyl groups is 1. The number of nitrogens with one attached hydrogen (secondary N) is 3. The summed E-state index contributed by atoms with van der Waals surface area (Å²) >= 11 is 0. The van der Waals surface area contributed by atoms with Crippen LogP contribution in [-0.2, 0) is 4.79 Å². The molecule has 0 aliphatic rings. The van der Waals surface area contributed by atoms with Gasteiger partial charge in [-0.05, 0) is 6.42 Å². The third kappa shape index (κ3) is 3.30. The van der Waals surface area contributed by atoms with Crippen molar-refractivity contribution in [2.75, 3.05) is 5.32 Å². The van der Waals surface area contributed by atoms with Gasteiger partial charge in [0.2, 0.25) is 5.91 Å². The predicted molar refractivity (Wildman–Crippen MR) is 73.1 cm³/mol. The van der Waals surface area contributed by atoms with Gasteiger partial charge < -0.3 is 15.8 Å². The average molecular weight is 293 g/mol. The second-order valence-corrected chi connectivity index (χ2v) is 4.27. The monoisotopic (exact) mass is 293 g/mol. The number of anilines is 1. The molecule has 2 aromatic heterocycles. The summed E-state index contributed by atoms with van der Waals surface area (Å²) in [6, 6.07) is -1.99. The first-order valence-corrected chi connectivity index (χ1v) is 6.22. The molecule has 0 saturated heterocycles. The van der Waals surface area contributed by atoms with Gasteiger partial charge in [-0.15, -0.1) is 0 Å². The van der Waals surface area contributed by atoms with Crippen molar-refractivity contribution in [3.63, 3.8) is 0 Å². The van der Waals surface area contributed by atoms with Gasteiger partial charge in [-0.25, -0.2) is 19.7 Å². The number of H-pyrrole nitrogens is 1. The zero-order valence-electron chi connectivity index (χ0n) is 11.2. The van der Waals surface area contributed by atoms with E-state index < -0.39 is 24.1 Å². The number of rotatable bonds is 4. The van der Waals surface area contributed by atoms with Crippen LogP contribution in [0.4, 0.5) is 10.6 Å². The number of fused-ring (bicyclic) bond motifs is 1. The third-order valence-electron chi connectivity index (χ3n) is 2.83. The molecule has 2 rings (SSSR count). The molecule has 0 aliphatic heterocycles. The first-order chi connectivity index (χ1) is 10.0. The van der Waals surface area contributed by atoms with Crippen molar-refractivity contribution in [1.29, 1.82) is 0 Å². The van der Waals surface area contributed by atoms with E-state index in [1.54, 1.807) is 6.92 Å². The molecule has 0 spiro atoms. The van der Waals surface area contributed by atoms with E-state index in [0.717, 1.165) is 0 Å². The van der Waals surface area contributed by atoms with E-state index >= 15 is 0 Å². The van der Waals surface area contributed by atoms with E-state index in [-0.39, 0.29) is 5.82 Å². The number of aromatic nitrogens is 4. The Morgan fingerprint density at radius 3 is 2.90 bits per heavy atom. The smallest absolute Gasteiger partial charge is 0.327 e. The number of hydrogen-bond donors (Lipinski definition) is 5. The number of imide groups is 1. The Labute approximate surface area is 119 Å². The Morgan fingerprint density at radius 2 is 2.19 bits per heavy atom. The van der Waals surface area contributed by atoms with Gasteiger partial charge in [0.05, 0.1) is 12.4 Å². The molecule has 1 unspecified atom stereocenters. The van der Waals surface area contributed by atoms with E-state index in [1.165, 1.54) is 12.7 Å². The topological polar surface area (TPSA) is 159 Å². The van der Waals surface area contributed by atoms with Gasteiger partial charge in [0.15, 0.2) is 11.5 Å². The predicted octanol–water partition coefficient (Wildman–Crippen LogP) is -0.901. The molecule has 21 heavy (non-hydrogen) atoms. The number of aromatic amines is 1. The zero-order chi connectivity index (χ0) is 15.4. The van der Waals surface area contributed by atoms with E-state index in [1.807, 2.05) is 5.32 Å². The Bertz CT molecular complexity index is 656. The number of carbonyl (C=O) groups is 2. The lowest BCUT2D eigenvalue weighted by atomic mass is 10.1. The zero-order valence-corrected chi connectivity index (χ0v) is 11.2. The van der Waals surface area contributed by atoms with Gasteiger partial charge in [-0.1, -0.05) is 6.92 Å². The van der Waals surface area contributed by atoms with Gasteiger partial charge in [-0.3, -0.25) is 15.4 Å². The fourth-order valence-electron chi connectivity index (χ4n) is 1.62. The van der Waals surface area contributed by atoms with Crippen molar-refractivity contribution in [2.45, 2.75) is 25.5 Å². The van der Waals surface area contributed by atoms with E-state index in [0.29, 0.717) is 17.6 Å². The Morgan fingerprint density at radius 1 is 1.43 bits per heavy atom. The standard InChI is InChI=1S/C11H15N7O3/c1-2-5(19)6(12)10(20)18-11(21)17-9-7-8(14-3-13-7)15-4-16-9/h3-6,19H,2,12H2,1H3,(H3,13,14,15,16,17,18,20,21)/t5?,6-/m0/s1. The van der Waals surface area contributed by atoms with E-state index in [4.69, 9.17) is 5.73 Å². The summed E-state index contributed by atoms with van der Waals surface area (Å²) in [4.78, 5) is 37.8. The maximum absolute atomic E-state index is 11.7. The number of imidazole rings is 1. The van der Waals surface area contributed by atoms with Crippen molar-refractivity contribution >= 4 is 28.9 Å². The van der Waals surface area contributed by atoms with Gasteiger partial charge in [0.25, 0.3) is 0 Å². The van der Waals surface area contributed by atoms with E-state index in [9.17, 15) is 14.7 Å². The highest BCUT2D eigenvalue weighted by atomic mass is 16.3. The molecule has 3 amide bonds. The molecule has 0 aromatic carbocycles. The summed E-state index contributed by atoms with van der Waals surface area (Å²) in [5.41, 5.74) is 6.31. The van der Waals surface area contributed by atoms with Gasteiger partial charge in [0.1, 0.15) is 17.9 Å². The largest absolute Gasteiger partial charge is 0.391 e. The fourth-order valence-corrected chi connectivity index (χ4v) is 1.62. The minimum atomic E-state index is -1.18. The Hall–Kier alpha value is -2.59. The van der Waals surface area contributed by atoms with Gasteiger partial charge >= 0.3 is 6.03 Å². The first kappa shape index (κ1) is 14.8. The lowest BCUT2D eigenvalue weighted by Gasteiger charge is -2.16. The van der Waals surface area contributed by atoms with Crippen LogP contribution < -0.4 is 16.4 Å². The lowest BCUT2D eigenvalue weighted by molar-refractivity contribution is -0.123. The number of aliphatic hydroxyl groups excluding tert-OH is 1. The summed E-state index contributed by atoms with van der Waals surface area (Å²) in [7, 11) is 0. The molecule has 10 heteroatoms. The Kier molecular flexibility index (Phi) is 4.40. The molecule has 2 atom stereocenters. The molecule has 0 aliphatic carbocycles. The SMILES string of the molecule is CCC(O)[C@H](N)C(=O)NC(=O)Nc1ncnc2nc[nH]c12. The highest BCUT2D eigenvalue weighted by molar-refractivity contribution is 6.04. The second kappa shape index (κ2) is 6.24. The van der Waals surface area contributed by atoms with Crippen molar-refractivity contribution in [3.8, 4) is 0 Å². The minimum absolute atomic E-state index is 0.174. The van der Waals surface area contributed by atoms with Crippen LogP contribution in [0.15, 0.2) is 12.7 Å². The number of hydrogen-bond acceptors (Lipinski definition) is 7. The summed E-state index contributed by atoms with van der Waals surface area (Å²) in [6.45, 7) is 1.67. The van der Waals surface area contributed by atoms with Crippen molar-refractivity contribution < 1.29 is 14.7 Å². The lowest BCUT2D eigenvalue weighted by Crippen LogP contribution is -2.50. The van der Waals surface area contributed by atoms with Crippen LogP contribution >= 0.6 is 0 Å². The van der Waals surface area contributed by atoms with Crippen LogP contribution in [0.3, 0.4) is 0 Å². The van der Waals surface area contributed by atoms with Crippen LogP contribution in [-0.4, -0.2) is 49.1 Å². The maximum Gasteiger partial charge on any atom is 0.327 e. The van der Waals surface area contributed by atoms with Crippen LogP contribution in [0.5, 0.6) is 0 Å². The summed E-state index contributed by atoms with van der Waals surface area (Å²) in [6.07, 6.45) is 1.92. The summed E-state index contributed by atoms with van der Waals surface area (Å²) in [5.74, 6) is -0.607.